The van der Waals surface area contributed by atoms with Crippen molar-refractivity contribution in [2.75, 3.05) is 7.11 Å². The highest BCUT2D eigenvalue weighted by Gasteiger charge is 2.10. The molecular weight excluding hydrogens is 214 g/mol. The lowest BCUT2D eigenvalue weighted by atomic mass is 10.2. The molecule has 3 heteroatoms. The molecule has 0 N–H and O–H groups in total. The summed E-state index contributed by atoms with van der Waals surface area (Å²) in [5.41, 5.74) is 0.874. The topological polar surface area (TPSA) is 31.4 Å². The largest absolute Gasteiger partial charge is 0.496 e. The van der Waals surface area contributed by atoms with E-state index in [1.807, 2.05) is 30.3 Å². The first-order valence-corrected chi connectivity index (χ1v) is 5.39. The van der Waals surface area contributed by atoms with Gasteiger partial charge in [-0.3, -0.25) is 0 Å². The van der Waals surface area contributed by atoms with E-state index in [9.17, 15) is 0 Å². The lowest BCUT2D eigenvalue weighted by Gasteiger charge is -2.11. The predicted octanol–water partition coefficient (Wildman–Crippen LogP) is 3.26. The molecule has 0 atom stereocenters. The van der Waals surface area contributed by atoms with Gasteiger partial charge in [-0.25, -0.2) is 4.98 Å². The van der Waals surface area contributed by atoms with Crippen LogP contribution in [0.3, 0.4) is 0 Å². The fourth-order valence-electron chi connectivity index (χ4n) is 1.57. The summed E-state index contributed by atoms with van der Waals surface area (Å²) < 4.78 is 11.0. The number of ether oxygens (including phenoxy) is 2. The Kier molecular flexibility index (Phi) is 3.60. The predicted molar refractivity (Wildman–Crippen MR) is 66.4 cm³/mol. The van der Waals surface area contributed by atoms with E-state index in [1.165, 1.54) is 0 Å². The second-order valence-corrected chi connectivity index (χ2v) is 3.46. The number of pyridine rings is 1. The minimum Gasteiger partial charge on any atom is -0.496 e. The molecule has 0 bridgehead atoms. The van der Waals surface area contributed by atoms with Crippen LogP contribution in [0.2, 0.25) is 0 Å². The quantitative estimate of drug-likeness (QED) is 0.804. The molecule has 1 heterocycles. The van der Waals surface area contributed by atoms with Crippen molar-refractivity contribution in [3.63, 3.8) is 0 Å². The van der Waals surface area contributed by atoms with Crippen LogP contribution < -0.4 is 9.47 Å². The van der Waals surface area contributed by atoms with Gasteiger partial charge in [0.2, 0.25) is 5.88 Å². The van der Waals surface area contributed by atoms with Gasteiger partial charge in [0, 0.05) is 6.20 Å². The molecule has 87 valence electrons. The molecule has 0 fully saturated rings. The Labute approximate surface area is 101 Å². The number of para-hydroxylation sites is 1. The van der Waals surface area contributed by atoms with Crippen LogP contribution in [0.5, 0.6) is 17.4 Å². The van der Waals surface area contributed by atoms with Gasteiger partial charge in [0.25, 0.3) is 0 Å². The molecule has 0 amide bonds. The number of aromatic nitrogens is 1. The van der Waals surface area contributed by atoms with Crippen LogP contribution in [0.1, 0.15) is 5.56 Å². The second-order valence-electron chi connectivity index (χ2n) is 3.46. The highest BCUT2D eigenvalue weighted by molar-refractivity contribution is 5.42. The number of nitrogens with zero attached hydrogens (tertiary/aromatic N) is 1. The Hall–Kier alpha value is -2.03. The van der Waals surface area contributed by atoms with Crippen molar-refractivity contribution in [1.82, 2.24) is 4.98 Å². The monoisotopic (exact) mass is 228 g/mol. The van der Waals surface area contributed by atoms with Crippen molar-refractivity contribution in [3.8, 4) is 17.4 Å². The fourth-order valence-corrected chi connectivity index (χ4v) is 1.57. The third kappa shape index (κ3) is 2.56. The van der Waals surface area contributed by atoms with Crippen LogP contribution in [0, 0.1) is 6.92 Å². The molecule has 1 radical (unpaired) electrons. The van der Waals surface area contributed by atoms with Gasteiger partial charge in [-0.2, -0.15) is 0 Å². The third-order valence-corrected chi connectivity index (χ3v) is 2.40. The highest BCUT2D eigenvalue weighted by atomic mass is 16.5. The number of rotatable bonds is 4. The average molecular weight is 228 g/mol. The SMILES string of the molecule is [CH2]Cc1c(OC)ccnc1Oc1ccccc1. The fraction of sp³-hybridized carbons (Fsp3) is 0.143. The summed E-state index contributed by atoms with van der Waals surface area (Å²) in [6.07, 6.45) is 2.23. The molecule has 0 aliphatic carbocycles. The van der Waals surface area contributed by atoms with E-state index in [1.54, 1.807) is 19.4 Å². The molecule has 0 spiro atoms. The molecule has 0 aliphatic heterocycles. The van der Waals surface area contributed by atoms with Gasteiger partial charge >= 0.3 is 0 Å². The third-order valence-electron chi connectivity index (χ3n) is 2.40. The molecule has 0 saturated carbocycles. The van der Waals surface area contributed by atoms with Crippen LogP contribution in [-0.4, -0.2) is 12.1 Å². The summed E-state index contributed by atoms with van der Waals surface area (Å²) in [5.74, 6) is 2.05. The van der Waals surface area contributed by atoms with E-state index < -0.39 is 0 Å². The number of benzene rings is 1. The molecule has 0 unspecified atom stereocenters. The molecule has 1 aromatic carbocycles. The number of hydrogen-bond acceptors (Lipinski definition) is 3. The van der Waals surface area contributed by atoms with Crippen molar-refractivity contribution >= 4 is 0 Å². The van der Waals surface area contributed by atoms with Crippen molar-refractivity contribution in [2.45, 2.75) is 6.42 Å². The van der Waals surface area contributed by atoms with Gasteiger partial charge < -0.3 is 9.47 Å². The van der Waals surface area contributed by atoms with E-state index in [0.717, 1.165) is 17.1 Å². The van der Waals surface area contributed by atoms with Crippen LogP contribution in [0.4, 0.5) is 0 Å². The van der Waals surface area contributed by atoms with Gasteiger partial charge in [0.1, 0.15) is 11.5 Å². The smallest absolute Gasteiger partial charge is 0.226 e. The molecule has 2 aromatic rings. The summed E-state index contributed by atoms with van der Waals surface area (Å²) >= 11 is 0. The zero-order valence-electron chi connectivity index (χ0n) is 9.72. The Morgan fingerprint density at radius 1 is 1.18 bits per heavy atom. The number of hydrogen-bond donors (Lipinski definition) is 0. The maximum Gasteiger partial charge on any atom is 0.226 e. The van der Waals surface area contributed by atoms with E-state index >= 15 is 0 Å². The van der Waals surface area contributed by atoms with Crippen molar-refractivity contribution in [1.29, 1.82) is 0 Å². The molecular formula is C14H14NO2. The van der Waals surface area contributed by atoms with Gasteiger partial charge in [-0.15, -0.1) is 0 Å². The molecule has 3 nitrogen and oxygen atoms in total. The van der Waals surface area contributed by atoms with Crippen molar-refractivity contribution < 1.29 is 9.47 Å². The zero-order valence-corrected chi connectivity index (χ0v) is 9.72. The maximum atomic E-state index is 5.71. The van der Waals surface area contributed by atoms with Crippen LogP contribution >= 0.6 is 0 Å². The highest BCUT2D eigenvalue weighted by Crippen LogP contribution is 2.29. The number of methoxy groups -OCH3 is 1. The Morgan fingerprint density at radius 3 is 2.59 bits per heavy atom. The van der Waals surface area contributed by atoms with Gasteiger partial charge in [0.15, 0.2) is 0 Å². The summed E-state index contributed by atoms with van der Waals surface area (Å²) in [4.78, 5) is 4.21. The first-order valence-electron chi connectivity index (χ1n) is 5.39. The van der Waals surface area contributed by atoms with Crippen LogP contribution in [-0.2, 0) is 6.42 Å². The summed E-state index contributed by atoms with van der Waals surface area (Å²) in [5, 5.41) is 0. The first kappa shape index (κ1) is 11.5. The first-order chi connectivity index (χ1) is 8.35. The van der Waals surface area contributed by atoms with Crippen LogP contribution in [0.15, 0.2) is 42.6 Å². The van der Waals surface area contributed by atoms with E-state index in [2.05, 4.69) is 11.9 Å². The van der Waals surface area contributed by atoms with Crippen molar-refractivity contribution in [2.24, 2.45) is 0 Å². The molecule has 0 saturated heterocycles. The average Bonchev–Trinajstić information content (AvgIpc) is 2.39. The van der Waals surface area contributed by atoms with Gasteiger partial charge in [-0.1, -0.05) is 18.2 Å². The lowest BCUT2D eigenvalue weighted by molar-refractivity contribution is 0.398. The second kappa shape index (κ2) is 5.34. The summed E-state index contributed by atoms with van der Waals surface area (Å²) in [7, 11) is 1.63. The maximum absolute atomic E-state index is 5.71. The summed E-state index contributed by atoms with van der Waals surface area (Å²) in [6, 6.07) is 11.3. The Morgan fingerprint density at radius 2 is 1.94 bits per heavy atom. The lowest BCUT2D eigenvalue weighted by Crippen LogP contribution is -1.97. The minimum absolute atomic E-state index is 0.547. The molecule has 17 heavy (non-hydrogen) atoms. The minimum atomic E-state index is 0.547. The van der Waals surface area contributed by atoms with Crippen molar-refractivity contribution in [3.05, 3.63) is 55.1 Å². The van der Waals surface area contributed by atoms with Gasteiger partial charge in [-0.05, 0) is 31.5 Å². The Balaban J connectivity index is 2.33. The van der Waals surface area contributed by atoms with Gasteiger partial charge in [0.05, 0.1) is 12.7 Å². The molecule has 1 aromatic heterocycles. The van der Waals surface area contributed by atoms with E-state index in [4.69, 9.17) is 9.47 Å². The van der Waals surface area contributed by atoms with E-state index in [0.29, 0.717) is 12.3 Å². The molecule has 0 aliphatic rings. The zero-order chi connectivity index (χ0) is 12.1. The van der Waals surface area contributed by atoms with Crippen LogP contribution in [0.25, 0.3) is 0 Å². The van der Waals surface area contributed by atoms with E-state index in [-0.39, 0.29) is 0 Å². The Bertz CT molecular complexity index is 483. The summed E-state index contributed by atoms with van der Waals surface area (Å²) in [6.45, 7) is 3.87. The standard InChI is InChI=1S/C14H14NO2/c1-3-12-13(16-2)9-10-15-14(12)17-11-7-5-4-6-8-11/h4-10H,1,3H2,2H3. The normalized spacial score (nSPS) is 10.0. The molecule has 2 rings (SSSR count).